The number of hydrazone groups is 1. The second kappa shape index (κ2) is 7.55. The highest BCUT2D eigenvalue weighted by molar-refractivity contribution is 5.80. The second-order valence-electron chi connectivity index (χ2n) is 6.06. The van der Waals surface area contributed by atoms with Gasteiger partial charge in [-0.3, -0.25) is 4.98 Å². The Hall–Kier alpha value is -2.95. The number of nitrogens with zero attached hydrogens (tertiary/aromatic N) is 2. The molecule has 0 bridgehead atoms. The van der Waals surface area contributed by atoms with E-state index in [4.69, 9.17) is 0 Å². The number of amides is 2. The van der Waals surface area contributed by atoms with Crippen molar-refractivity contribution in [2.45, 2.75) is 26.3 Å². The molecule has 1 aromatic heterocycles. The second-order valence-corrected chi connectivity index (χ2v) is 6.06. The highest BCUT2D eigenvalue weighted by Gasteiger charge is 2.23. The first-order chi connectivity index (χ1) is 11.4. The van der Waals surface area contributed by atoms with E-state index in [1.807, 2.05) is 57.2 Å². The zero-order chi connectivity index (χ0) is 17.6. The molecular weight excluding hydrogens is 300 g/mol. The first kappa shape index (κ1) is 17.4. The summed E-state index contributed by atoms with van der Waals surface area (Å²) in [7, 11) is 0. The lowest BCUT2D eigenvalue weighted by molar-refractivity contribution is 0.230. The highest BCUT2D eigenvalue weighted by Crippen LogP contribution is 2.23. The number of hydrogen-bond donors (Lipinski definition) is 2. The number of urea groups is 1. The van der Waals surface area contributed by atoms with Crippen molar-refractivity contribution in [1.82, 2.24) is 15.7 Å². The van der Waals surface area contributed by atoms with Gasteiger partial charge in [0.25, 0.3) is 0 Å². The Morgan fingerprint density at radius 3 is 2.71 bits per heavy atom. The van der Waals surface area contributed by atoms with Crippen molar-refractivity contribution in [3.05, 3.63) is 72.1 Å². The number of rotatable bonds is 5. The number of nitrogens with one attached hydrogen (secondary N) is 2. The molecule has 0 fully saturated rings. The minimum atomic E-state index is -0.546. The first-order valence-corrected chi connectivity index (χ1v) is 7.67. The van der Waals surface area contributed by atoms with E-state index in [-0.39, 0.29) is 6.03 Å². The molecule has 0 aliphatic heterocycles. The van der Waals surface area contributed by atoms with Crippen LogP contribution in [0.4, 0.5) is 4.79 Å². The summed E-state index contributed by atoms with van der Waals surface area (Å²) in [4.78, 5) is 16.2. The number of hydrogen-bond acceptors (Lipinski definition) is 3. The van der Waals surface area contributed by atoms with E-state index in [2.05, 4.69) is 27.4 Å². The van der Waals surface area contributed by atoms with Gasteiger partial charge in [0.15, 0.2) is 0 Å². The minimum absolute atomic E-state index is 0.382. The van der Waals surface area contributed by atoms with Crippen LogP contribution in [0.5, 0.6) is 0 Å². The fourth-order valence-corrected chi connectivity index (χ4v) is 2.17. The fourth-order valence-electron chi connectivity index (χ4n) is 2.17. The molecule has 2 aromatic rings. The molecule has 0 saturated heterocycles. The zero-order valence-corrected chi connectivity index (χ0v) is 14.2. The summed E-state index contributed by atoms with van der Waals surface area (Å²) in [6.45, 7) is 9.79. The van der Waals surface area contributed by atoms with Gasteiger partial charge < -0.3 is 5.32 Å². The van der Waals surface area contributed by atoms with E-state index in [0.29, 0.717) is 5.69 Å². The maximum Gasteiger partial charge on any atom is 0.335 e. The van der Waals surface area contributed by atoms with E-state index in [9.17, 15) is 4.79 Å². The summed E-state index contributed by atoms with van der Waals surface area (Å²) in [6, 6.07) is 13.1. The smallest absolute Gasteiger partial charge is 0.328 e. The molecule has 0 unspecified atom stereocenters. The van der Waals surface area contributed by atoms with Crippen molar-refractivity contribution in [1.29, 1.82) is 0 Å². The average molecular weight is 322 g/mol. The molecule has 1 aromatic carbocycles. The summed E-state index contributed by atoms with van der Waals surface area (Å²) in [5.74, 6) is 0. The van der Waals surface area contributed by atoms with Crippen LogP contribution in [-0.4, -0.2) is 17.2 Å². The van der Waals surface area contributed by atoms with Gasteiger partial charge in [0.05, 0.1) is 17.4 Å². The molecule has 0 atom stereocenters. The number of allylic oxidation sites excluding steroid dienone is 1. The third-order valence-corrected chi connectivity index (χ3v) is 3.55. The molecule has 5 heteroatoms. The quantitative estimate of drug-likeness (QED) is 0.651. The summed E-state index contributed by atoms with van der Waals surface area (Å²) >= 11 is 0. The Morgan fingerprint density at radius 1 is 1.25 bits per heavy atom. The van der Waals surface area contributed by atoms with Gasteiger partial charge in [0, 0.05) is 6.20 Å². The van der Waals surface area contributed by atoms with E-state index >= 15 is 0 Å². The lowest BCUT2D eigenvalue weighted by Gasteiger charge is -2.27. The van der Waals surface area contributed by atoms with Crippen molar-refractivity contribution in [2.24, 2.45) is 5.10 Å². The van der Waals surface area contributed by atoms with Gasteiger partial charge in [-0.1, -0.05) is 36.4 Å². The molecule has 5 nitrogen and oxygen atoms in total. The molecule has 0 saturated carbocycles. The number of carbonyl (C=O) groups excluding carboxylic acids is 1. The standard InChI is InChI=1S/C19H22N4O/c1-14(2)15-8-7-9-16(12-15)19(3,4)22-18(24)23-21-13-17-10-5-6-11-20-17/h5-13H,1H2,2-4H3,(H2,22,23,24)/b21-13-. The summed E-state index contributed by atoms with van der Waals surface area (Å²) in [5.41, 5.74) is 5.61. The molecule has 124 valence electrons. The maximum atomic E-state index is 12.1. The van der Waals surface area contributed by atoms with Crippen molar-refractivity contribution < 1.29 is 4.79 Å². The lowest BCUT2D eigenvalue weighted by Crippen LogP contribution is -2.45. The molecule has 0 radical (unpaired) electrons. The van der Waals surface area contributed by atoms with Crippen LogP contribution < -0.4 is 10.7 Å². The van der Waals surface area contributed by atoms with Crippen LogP contribution in [0.3, 0.4) is 0 Å². The first-order valence-electron chi connectivity index (χ1n) is 7.67. The molecular formula is C19H22N4O. The molecule has 24 heavy (non-hydrogen) atoms. The van der Waals surface area contributed by atoms with Crippen LogP contribution in [0.2, 0.25) is 0 Å². The fraction of sp³-hybridized carbons (Fsp3) is 0.211. The van der Waals surface area contributed by atoms with Gasteiger partial charge in [-0.15, -0.1) is 0 Å². The topological polar surface area (TPSA) is 66.4 Å². The van der Waals surface area contributed by atoms with E-state index in [0.717, 1.165) is 16.7 Å². The monoisotopic (exact) mass is 322 g/mol. The van der Waals surface area contributed by atoms with Gasteiger partial charge in [-0.25, -0.2) is 10.2 Å². The Labute approximate surface area is 142 Å². The predicted molar refractivity (Wildman–Crippen MR) is 97.7 cm³/mol. The number of aromatic nitrogens is 1. The van der Waals surface area contributed by atoms with Crippen LogP contribution in [0.25, 0.3) is 5.57 Å². The van der Waals surface area contributed by atoms with E-state index in [1.54, 1.807) is 12.3 Å². The van der Waals surface area contributed by atoms with Crippen LogP contribution in [0, 0.1) is 0 Å². The average Bonchev–Trinajstić information content (AvgIpc) is 2.55. The zero-order valence-electron chi connectivity index (χ0n) is 14.2. The molecule has 0 aliphatic rings. The number of carbonyl (C=O) groups is 1. The summed E-state index contributed by atoms with van der Waals surface area (Å²) in [6.07, 6.45) is 3.16. The highest BCUT2D eigenvalue weighted by atomic mass is 16.2. The Balaban J connectivity index is 2.00. The van der Waals surface area contributed by atoms with Crippen molar-refractivity contribution >= 4 is 17.8 Å². The molecule has 2 amide bonds. The van der Waals surface area contributed by atoms with Gasteiger partial charge >= 0.3 is 6.03 Å². The normalized spacial score (nSPS) is 11.3. The maximum absolute atomic E-state index is 12.1. The third kappa shape index (κ3) is 4.78. The van der Waals surface area contributed by atoms with Gasteiger partial charge in [0.2, 0.25) is 0 Å². The largest absolute Gasteiger partial charge is 0.335 e. The number of benzene rings is 1. The summed E-state index contributed by atoms with van der Waals surface area (Å²) in [5, 5.41) is 6.81. The Bertz CT molecular complexity index is 751. The molecule has 2 N–H and O–H groups in total. The Morgan fingerprint density at radius 2 is 2.04 bits per heavy atom. The minimum Gasteiger partial charge on any atom is -0.328 e. The van der Waals surface area contributed by atoms with Crippen molar-refractivity contribution in [3.63, 3.8) is 0 Å². The van der Waals surface area contributed by atoms with Crippen LogP contribution >= 0.6 is 0 Å². The third-order valence-electron chi connectivity index (χ3n) is 3.55. The van der Waals surface area contributed by atoms with E-state index in [1.165, 1.54) is 6.21 Å². The van der Waals surface area contributed by atoms with Crippen LogP contribution in [0.15, 0.2) is 60.3 Å². The SMILES string of the molecule is C=C(C)c1cccc(C(C)(C)NC(=O)N/N=C\c2ccccn2)c1. The van der Waals surface area contributed by atoms with Gasteiger partial charge in [-0.2, -0.15) is 5.10 Å². The molecule has 0 spiro atoms. The molecule has 1 heterocycles. The van der Waals surface area contributed by atoms with E-state index < -0.39 is 5.54 Å². The predicted octanol–water partition coefficient (Wildman–Crippen LogP) is 3.68. The number of pyridine rings is 1. The summed E-state index contributed by atoms with van der Waals surface area (Å²) < 4.78 is 0. The molecule has 0 aliphatic carbocycles. The van der Waals surface area contributed by atoms with Crippen LogP contribution in [0.1, 0.15) is 37.6 Å². The van der Waals surface area contributed by atoms with Crippen LogP contribution in [-0.2, 0) is 5.54 Å². The molecule has 2 rings (SSSR count). The lowest BCUT2D eigenvalue weighted by atomic mass is 9.92. The van der Waals surface area contributed by atoms with Gasteiger partial charge in [-0.05, 0) is 50.1 Å². The van der Waals surface area contributed by atoms with Gasteiger partial charge in [0.1, 0.15) is 0 Å². The van der Waals surface area contributed by atoms with Crippen molar-refractivity contribution in [2.75, 3.05) is 0 Å². The Kier molecular flexibility index (Phi) is 5.47. The van der Waals surface area contributed by atoms with Crippen molar-refractivity contribution in [3.8, 4) is 0 Å².